The van der Waals surface area contributed by atoms with Gasteiger partial charge in [-0.3, -0.25) is 0 Å². The summed E-state index contributed by atoms with van der Waals surface area (Å²) in [7, 11) is 0. The number of rotatable bonds is 5. The van der Waals surface area contributed by atoms with E-state index in [0.717, 1.165) is 61.1 Å². The van der Waals surface area contributed by atoms with Crippen LogP contribution in [0.1, 0.15) is 22.3 Å². The first-order chi connectivity index (χ1) is 32.3. The van der Waals surface area contributed by atoms with Crippen molar-refractivity contribution in [2.45, 2.75) is 5.41 Å². The van der Waals surface area contributed by atoms with E-state index in [0.29, 0.717) is 0 Å². The quantitative estimate of drug-likeness (QED) is 0.172. The highest BCUT2D eigenvalue weighted by atomic mass is 16.3. The van der Waals surface area contributed by atoms with Crippen LogP contribution >= 0.6 is 0 Å². The third kappa shape index (κ3) is 5.05. The summed E-state index contributed by atoms with van der Waals surface area (Å²) in [6.07, 6.45) is 0. The Labute approximate surface area is 376 Å². The minimum atomic E-state index is -0.478. The molecule has 65 heavy (non-hydrogen) atoms. The molecule has 0 atom stereocenters. The predicted molar refractivity (Wildman–Crippen MR) is 271 cm³/mol. The zero-order valence-electron chi connectivity index (χ0n) is 35.4. The van der Waals surface area contributed by atoms with E-state index in [1.165, 1.54) is 66.2 Å². The van der Waals surface area contributed by atoms with Gasteiger partial charge in [0.05, 0.1) is 11.1 Å². The Hall–Kier alpha value is -8.46. The molecular formula is C63H39NO. The third-order valence-electron chi connectivity index (χ3n) is 14.3. The summed E-state index contributed by atoms with van der Waals surface area (Å²) in [5.41, 5.74) is 19.5. The molecule has 1 heterocycles. The molecule has 0 saturated heterocycles. The third-order valence-corrected chi connectivity index (χ3v) is 14.3. The molecule has 1 spiro atoms. The van der Waals surface area contributed by atoms with E-state index in [-0.39, 0.29) is 0 Å². The molecule has 2 aliphatic rings. The van der Waals surface area contributed by atoms with Gasteiger partial charge in [0.25, 0.3) is 0 Å². The van der Waals surface area contributed by atoms with Gasteiger partial charge in [0, 0.05) is 38.7 Å². The van der Waals surface area contributed by atoms with E-state index in [9.17, 15) is 0 Å². The number of anilines is 3. The maximum absolute atomic E-state index is 7.02. The van der Waals surface area contributed by atoms with Crippen molar-refractivity contribution in [2.24, 2.45) is 0 Å². The average molecular weight is 826 g/mol. The SMILES string of the molecule is c1cc(-c2cccc3ccccc23)cc(N(c2ccc3c(c2)C2(c4ccccc4-c4ccccc42)c2ccccc2-3)c2ccccc2-c2cccc3c2oc2c4ccccc4ccc32)c1. The summed E-state index contributed by atoms with van der Waals surface area (Å²) in [5.74, 6) is 0. The van der Waals surface area contributed by atoms with E-state index in [4.69, 9.17) is 4.42 Å². The highest BCUT2D eigenvalue weighted by Crippen LogP contribution is 2.63. The monoisotopic (exact) mass is 825 g/mol. The van der Waals surface area contributed by atoms with E-state index in [1.54, 1.807) is 0 Å². The largest absolute Gasteiger partial charge is 0.455 e. The fourth-order valence-electron chi connectivity index (χ4n) is 11.6. The van der Waals surface area contributed by atoms with Gasteiger partial charge in [-0.15, -0.1) is 0 Å². The average Bonchev–Trinajstić information content (AvgIpc) is 4.01. The van der Waals surface area contributed by atoms with Gasteiger partial charge in [-0.25, -0.2) is 0 Å². The Morgan fingerprint density at radius 1 is 0.292 bits per heavy atom. The molecule has 0 aliphatic heterocycles. The lowest BCUT2D eigenvalue weighted by atomic mass is 9.70. The second-order valence-electron chi connectivity index (χ2n) is 17.5. The van der Waals surface area contributed by atoms with Gasteiger partial charge in [-0.2, -0.15) is 0 Å². The van der Waals surface area contributed by atoms with Crippen LogP contribution in [0, 0.1) is 0 Å². The highest BCUT2D eigenvalue weighted by molar-refractivity contribution is 6.18. The molecule has 11 aromatic carbocycles. The van der Waals surface area contributed by atoms with Crippen LogP contribution < -0.4 is 4.90 Å². The van der Waals surface area contributed by atoms with Crippen LogP contribution in [0.5, 0.6) is 0 Å². The number of furan rings is 1. The van der Waals surface area contributed by atoms with Gasteiger partial charge in [-0.1, -0.05) is 200 Å². The van der Waals surface area contributed by atoms with Gasteiger partial charge in [0.15, 0.2) is 0 Å². The van der Waals surface area contributed by atoms with Gasteiger partial charge < -0.3 is 9.32 Å². The van der Waals surface area contributed by atoms with Crippen molar-refractivity contribution in [2.75, 3.05) is 4.90 Å². The van der Waals surface area contributed by atoms with Gasteiger partial charge in [-0.05, 0) is 108 Å². The number of para-hydroxylation sites is 2. The number of hydrogen-bond donors (Lipinski definition) is 0. The Bertz CT molecular complexity index is 3860. The molecule has 1 aromatic heterocycles. The standard InChI is InChI=1S/C63H39NO/c1-3-21-45-40(16-1)18-14-27-46(45)42-19-13-20-43(38-42)64(60-33-12-8-26-52(60)53-28-15-29-54-55-36-34-41-17-2-4-22-47(41)61(55)65-62(53)54)44-35-37-51-50-25-7-11-32-58(50)63(59(51)39-44)56-30-9-5-23-48(56)49-24-6-10-31-57(49)63/h1-39H. The normalized spacial score (nSPS) is 13.0. The first kappa shape index (κ1) is 36.1. The lowest BCUT2D eigenvalue weighted by Crippen LogP contribution is -2.26. The Morgan fingerprint density at radius 2 is 0.800 bits per heavy atom. The molecule has 0 fully saturated rings. The summed E-state index contributed by atoms with van der Waals surface area (Å²) in [4.78, 5) is 2.48. The molecular weight excluding hydrogens is 787 g/mol. The van der Waals surface area contributed by atoms with E-state index < -0.39 is 5.41 Å². The van der Waals surface area contributed by atoms with Crippen LogP contribution in [0.4, 0.5) is 17.1 Å². The highest BCUT2D eigenvalue weighted by Gasteiger charge is 2.51. The first-order valence-corrected chi connectivity index (χ1v) is 22.5. The second kappa shape index (κ2) is 13.8. The summed E-state index contributed by atoms with van der Waals surface area (Å²) in [6, 6.07) is 87.1. The van der Waals surface area contributed by atoms with Crippen LogP contribution in [0.15, 0.2) is 241 Å². The number of nitrogens with zero attached hydrogens (tertiary/aromatic N) is 1. The fourth-order valence-corrected chi connectivity index (χ4v) is 11.6. The topological polar surface area (TPSA) is 16.4 Å². The zero-order chi connectivity index (χ0) is 42.6. The second-order valence-corrected chi connectivity index (χ2v) is 17.5. The van der Waals surface area contributed by atoms with Crippen LogP contribution in [-0.4, -0.2) is 0 Å². The lowest BCUT2D eigenvalue weighted by molar-refractivity contribution is 0.674. The van der Waals surface area contributed by atoms with Crippen molar-refractivity contribution in [1.29, 1.82) is 0 Å². The Kier molecular flexibility index (Phi) is 7.64. The zero-order valence-corrected chi connectivity index (χ0v) is 35.4. The first-order valence-electron chi connectivity index (χ1n) is 22.5. The minimum Gasteiger partial charge on any atom is -0.455 e. The van der Waals surface area contributed by atoms with Crippen molar-refractivity contribution >= 4 is 60.5 Å². The van der Waals surface area contributed by atoms with Gasteiger partial charge in [0.1, 0.15) is 11.2 Å². The Morgan fingerprint density at radius 3 is 1.55 bits per heavy atom. The van der Waals surface area contributed by atoms with Crippen molar-refractivity contribution in [3.05, 3.63) is 259 Å². The van der Waals surface area contributed by atoms with Gasteiger partial charge >= 0.3 is 0 Å². The van der Waals surface area contributed by atoms with Crippen molar-refractivity contribution in [1.82, 2.24) is 0 Å². The van der Waals surface area contributed by atoms with Crippen LogP contribution in [-0.2, 0) is 5.41 Å². The molecule has 14 rings (SSSR count). The molecule has 12 aromatic rings. The summed E-state index contributed by atoms with van der Waals surface area (Å²) < 4.78 is 7.02. The Balaban J connectivity index is 1.04. The smallest absolute Gasteiger partial charge is 0.143 e. The molecule has 2 heteroatoms. The molecule has 0 bridgehead atoms. The number of benzene rings is 11. The van der Waals surface area contributed by atoms with Crippen LogP contribution in [0.3, 0.4) is 0 Å². The molecule has 2 aliphatic carbocycles. The van der Waals surface area contributed by atoms with Crippen molar-refractivity contribution < 1.29 is 4.42 Å². The molecule has 302 valence electrons. The predicted octanol–water partition coefficient (Wildman–Crippen LogP) is 17.0. The van der Waals surface area contributed by atoms with E-state index in [2.05, 4.69) is 241 Å². The molecule has 2 nitrogen and oxygen atoms in total. The van der Waals surface area contributed by atoms with Crippen molar-refractivity contribution in [3.63, 3.8) is 0 Å². The van der Waals surface area contributed by atoms with Crippen molar-refractivity contribution in [3.8, 4) is 44.5 Å². The van der Waals surface area contributed by atoms with Gasteiger partial charge in [0.2, 0.25) is 0 Å². The number of hydrogen-bond acceptors (Lipinski definition) is 2. The van der Waals surface area contributed by atoms with E-state index in [1.807, 2.05) is 0 Å². The molecule has 0 unspecified atom stereocenters. The maximum Gasteiger partial charge on any atom is 0.143 e. The fraction of sp³-hybridized carbons (Fsp3) is 0.0159. The minimum absolute atomic E-state index is 0.478. The summed E-state index contributed by atoms with van der Waals surface area (Å²) in [5, 5.41) is 6.98. The van der Waals surface area contributed by atoms with Crippen LogP contribution in [0.2, 0.25) is 0 Å². The molecule has 0 saturated carbocycles. The molecule has 0 N–H and O–H groups in total. The molecule has 0 amide bonds. The summed E-state index contributed by atoms with van der Waals surface area (Å²) >= 11 is 0. The molecule has 0 radical (unpaired) electrons. The maximum atomic E-state index is 7.02. The van der Waals surface area contributed by atoms with Crippen LogP contribution in [0.25, 0.3) is 88.0 Å². The summed E-state index contributed by atoms with van der Waals surface area (Å²) in [6.45, 7) is 0. The lowest BCUT2D eigenvalue weighted by Gasteiger charge is -2.33. The number of fused-ring (bicyclic) bond motifs is 16. The van der Waals surface area contributed by atoms with E-state index >= 15 is 0 Å².